The molecule has 3 atom stereocenters. The zero-order valence-electron chi connectivity index (χ0n) is 17.0. The molecule has 4 rings (SSSR count). The highest BCUT2D eigenvalue weighted by Gasteiger charge is 2.25. The number of nitrogens with two attached hydrogens (primary N) is 1. The summed E-state index contributed by atoms with van der Waals surface area (Å²) in [6, 6.07) is 10.4. The van der Waals surface area contributed by atoms with Crippen LogP contribution in [0.1, 0.15) is 23.6 Å². The zero-order valence-corrected chi connectivity index (χ0v) is 17.8. The molecule has 166 valence electrons. The number of fused-ring (bicyclic) bond motifs is 2. The van der Waals surface area contributed by atoms with Crippen molar-refractivity contribution in [3.63, 3.8) is 0 Å². The molecule has 10 nitrogen and oxygen atoms in total. The van der Waals surface area contributed by atoms with E-state index in [1.165, 1.54) is 24.6 Å². The molecule has 1 aliphatic rings. The fourth-order valence-corrected chi connectivity index (χ4v) is 4.28. The zero-order chi connectivity index (χ0) is 22.0. The Kier molecular flexibility index (Phi) is 6.21. The van der Waals surface area contributed by atoms with Gasteiger partial charge in [0.15, 0.2) is 0 Å². The molecule has 4 N–H and O–H groups in total. The van der Waals surface area contributed by atoms with Crippen molar-refractivity contribution in [3.8, 4) is 0 Å². The summed E-state index contributed by atoms with van der Waals surface area (Å²) in [5.41, 5.74) is 3.27. The number of rotatable bonds is 9. The number of hydrogen-bond acceptors (Lipinski definition) is 8. The molecular formula is C20H25N5O5S. The number of aliphatic hydroxyl groups is 1. The van der Waals surface area contributed by atoms with E-state index >= 15 is 0 Å². The minimum absolute atomic E-state index is 0.124. The number of ether oxygens (including phenoxy) is 1. The normalized spacial score (nSPS) is 18.1. The van der Waals surface area contributed by atoms with Gasteiger partial charge in [0.25, 0.3) is 0 Å². The van der Waals surface area contributed by atoms with Gasteiger partial charge in [-0.2, -0.15) is 8.42 Å². The topological polar surface area (TPSA) is 142 Å². The lowest BCUT2D eigenvalue weighted by atomic mass is 10.1. The number of nitrogens with one attached hydrogen (secondary N) is 1. The average molecular weight is 448 g/mol. The van der Waals surface area contributed by atoms with E-state index in [0.29, 0.717) is 5.65 Å². The number of anilines is 1. The fourth-order valence-electron chi connectivity index (χ4n) is 3.96. The monoisotopic (exact) mass is 447 g/mol. The Labute approximate surface area is 180 Å². The summed E-state index contributed by atoms with van der Waals surface area (Å²) in [6.07, 6.45) is 3.36. The van der Waals surface area contributed by atoms with Gasteiger partial charge in [-0.15, -0.1) is 0 Å². The maximum atomic E-state index is 11.0. The second-order valence-electron chi connectivity index (χ2n) is 7.48. The van der Waals surface area contributed by atoms with Crippen LogP contribution in [-0.2, 0) is 32.2 Å². The van der Waals surface area contributed by atoms with Gasteiger partial charge in [0, 0.05) is 13.3 Å². The molecule has 0 unspecified atom stereocenters. The Morgan fingerprint density at radius 3 is 2.90 bits per heavy atom. The molecular weight excluding hydrogens is 422 g/mol. The van der Waals surface area contributed by atoms with Crippen LogP contribution in [0.2, 0.25) is 0 Å². The first-order valence-corrected chi connectivity index (χ1v) is 11.3. The average Bonchev–Trinajstić information content (AvgIpc) is 3.33. The first kappa shape index (κ1) is 21.7. The molecule has 0 aliphatic heterocycles. The molecule has 0 bridgehead atoms. The standard InChI is InChI=1S/C20H25N5O5S/c1-29-18(11-30-31(21,27)28)17(26)10-25-9-8-15-19(22-12-23-20(15)25)24-16-7-6-13-4-2-3-5-14(13)16/h2-5,8-9,12,16-18,26H,6-7,10-11H2,1H3,(H2,21,27,28)(H,22,23,24)/t16-,17-,18-/m0/s1. The van der Waals surface area contributed by atoms with Crippen LogP contribution in [-0.4, -0.2) is 54.0 Å². The summed E-state index contributed by atoms with van der Waals surface area (Å²) >= 11 is 0. The van der Waals surface area contributed by atoms with Gasteiger partial charge in [-0.25, -0.2) is 15.1 Å². The molecule has 0 radical (unpaired) electrons. The third-order valence-electron chi connectivity index (χ3n) is 5.51. The van der Waals surface area contributed by atoms with Gasteiger partial charge >= 0.3 is 10.3 Å². The maximum Gasteiger partial charge on any atom is 0.333 e. The molecule has 0 fully saturated rings. The van der Waals surface area contributed by atoms with E-state index in [9.17, 15) is 13.5 Å². The van der Waals surface area contributed by atoms with Gasteiger partial charge in [-0.3, -0.25) is 4.18 Å². The minimum atomic E-state index is -4.12. The smallest absolute Gasteiger partial charge is 0.333 e. The molecule has 0 saturated carbocycles. The van der Waals surface area contributed by atoms with E-state index in [-0.39, 0.29) is 12.6 Å². The van der Waals surface area contributed by atoms with Crippen molar-refractivity contribution in [2.75, 3.05) is 19.0 Å². The van der Waals surface area contributed by atoms with Gasteiger partial charge in [0.1, 0.15) is 30.0 Å². The molecule has 0 amide bonds. The highest BCUT2D eigenvalue weighted by molar-refractivity contribution is 7.84. The second kappa shape index (κ2) is 8.89. The summed E-state index contributed by atoms with van der Waals surface area (Å²) in [5, 5.41) is 19.7. The third-order valence-corrected chi connectivity index (χ3v) is 5.98. The predicted octanol–water partition coefficient (Wildman–Crippen LogP) is 1.13. The van der Waals surface area contributed by atoms with E-state index in [2.05, 4.69) is 37.7 Å². The van der Waals surface area contributed by atoms with Crippen molar-refractivity contribution in [2.24, 2.45) is 5.14 Å². The second-order valence-corrected chi connectivity index (χ2v) is 8.70. The highest BCUT2D eigenvalue weighted by Crippen LogP contribution is 2.34. The van der Waals surface area contributed by atoms with Crippen molar-refractivity contribution in [1.82, 2.24) is 14.5 Å². The highest BCUT2D eigenvalue weighted by atomic mass is 32.2. The Bertz CT molecular complexity index is 1170. The number of benzene rings is 1. The Morgan fingerprint density at radius 1 is 1.32 bits per heavy atom. The van der Waals surface area contributed by atoms with E-state index in [4.69, 9.17) is 9.88 Å². The molecule has 0 spiro atoms. The SMILES string of the molecule is CO[C@@H](COS(N)(=O)=O)[C@@H](O)Cn1ccc2c(N[C@H]3CCc4ccccc43)ncnc21. The summed E-state index contributed by atoms with van der Waals surface area (Å²) < 4.78 is 33.5. The lowest BCUT2D eigenvalue weighted by Gasteiger charge is -2.21. The fraction of sp³-hybridized carbons (Fsp3) is 0.400. The lowest BCUT2D eigenvalue weighted by Crippen LogP contribution is -2.37. The Balaban J connectivity index is 1.51. The van der Waals surface area contributed by atoms with Crippen LogP contribution in [0.4, 0.5) is 5.82 Å². The number of hydrogen-bond donors (Lipinski definition) is 3. The number of methoxy groups -OCH3 is 1. The summed E-state index contributed by atoms with van der Waals surface area (Å²) in [6.45, 7) is -0.267. The minimum Gasteiger partial charge on any atom is -0.388 e. The molecule has 11 heteroatoms. The molecule has 0 saturated heterocycles. The van der Waals surface area contributed by atoms with Crippen LogP contribution in [0, 0.1) is 0 Å². The first-order chi connectivity index (χ1) is 14.9. The van der Waals surface area contributed by atoms with Crippen LogP contribution in [0.3, 0.4) is 0 Å². The molecule has 3 aromatic rings. The number of aliphatic hydroxyl groups excluding tert-OH is 1. The molecule has 1 aromatic carbocycles. The Hall–Kier alpha value is -2.57. The van der Waals surface area contributed by atoms with Gasteiger partial charge in [0.2, 0.25) is 0 Å². The van der Waals surface area contributed by atoms with Crippen molar-refractivity contribution < 1.29 is 22.4 Å². The van der Waals surface area contributed by atoms with Crippen molar-refractivity contribution in [2.45, 2.75) is 37.6 Å². The summed E-state index contributed by atoms with van der Waals surface area (Å²) in [5.74, 6) is 0.723. The van der Waals surface area contributed by atoms with Crippen LogP contribution < -0.4 is 10.5 Å². The predicted molar refractivity (Wildman–Crippen MR) is 115 cm³/mol. The lowest BCUT2D eigenvalue weighted by molar-refractivity contribution is -0.0403. The van der Waals surface area contributed by atoms with E-state index in [1.54, 1.807) is 10.8 Å². The molecule has 1 aliphatic carbocycles. The number of aromatic nitrogens is 3. The van der Waals surface area contributed by atoms with Crippen molar-refractivity contribution >= 4 is 27.2 Å². The quantitative estimate of drug-likeness (QED) is 0.443. The van der Waals surface area contributed by atoms with Crippen molar-refractivity contribution in [1.29, 1.82) is 0 Å². The third kappa shape index (κ3) is 4.86. The van der Waals surface area contributed by atoms with E-state index in [1.807, 2.05) is 12.1 Å². The summed E-state index contributed by atoms with van der Waals surface area (Å²) in [7, 11) is -2.77. The molecule has 2 heterocycles. The van der Waals surface area contributed by atoms with Gasteiger partial charge in [0.05, 0.1) is 24.6 Å². The van der Waals surface area contributed by atoms with Gasteiger partial charge < -0.3 is 19.7 Å². The largest absolute Gasteiger partial charge is 0.388 e. The van der Waals surface area contributed by atoms with E-state index < -0.39 is 29.1 Å². The molecule has 2 aromatic heterocycles. The maximum absolute atomic E-state index is 11.0. The van der Waals surface area contributed by atoms with Crippen LogP contribution in [0.15, 0.2) is 42.9 Å². The Morgan fingerprint density at radius 2 is 2.13 bits per heavy atom. The van der Waals surface area contributed by atoms with Crippen LogP contribution in [0.25, 0.3) is 11.0 Å². The number of aryl methyl sites for hydroxylation is 1. The van der Waals surface area contributed by atoms with E-state index in [0.717, 1.165) is 24.0 Å². The molecule has 31 heavy (non-hydrogen) atoms. The number of nitrogens with zero attached hydrogens (tertiary/aromatic N) is 3. The first-order valence-electron chi connectivity index (χ1n) is 9.88. The van der Waals surface area contributed by atoms with Gasteiger partial charge in [-0.05, 0) is 30.0 Å². The van der Waals surface area contributed by atoms with Gasteiger partial charge in [-0.1, -0.05) is 24.3 Å². The summed E-state index contributed by atoms with van der Waals surface area (Å²) in [4.78, 5) is 8.78. The van der Waals surface area contributed by atoms with Crippen LogP contribution >= 0.6 is 0 Å². The van der Waals surface area contributed by atoms with Crippen LogP contribution in [0.5, 0.6) is 0 Å². The van der Waals surface area contributed by atoms with Crippen molar-refractivity contribution in [3.05, 3.63) is 54.0 Å².